The van der Waals surface area contributed by atoms with Gasteiger partial charge in [-0.05, 0) is 12.8 Å². The van der Waals surface area contributed by atoms with E-state index in [1.165, 1.54) is 32.1 Å². The Morgan fingerprint density at radius 1 is 1.09 bits per heavy atom. The van der Waals surface area contributed by atoms with E-state index in [2.05, 4.69) is 10.6 Å². The molecule has 2 fully saturated rings. The molecule has 11 heavy (non-hydrogen) atoms. The van der Waals surface area contributed by atoms with Crippen molar-refractivity contribution in [2.45, 2.75) is 37.6 Å². The summed E-state index contributed by atoms with van der Waals surface area (Å²) >= 11 is 0. The number of nitrogens with one attached hydrogen (secondary N) is 1. The maximum atomic E-state index is 4.49. The highest BCUT2D eigenvalue weighted by atomic mass is 15.1. The normalized spacial score (nSPS) is 30.5. The molecule has 0 bridgehead atoms. The fraction of sp³-hybridized carbons (Fsp3) is 1.00. The van der Waals surface area contributed by atoms with Crippen molar-refractivity contribution in [3.63, 3.8) is 0 Å². The van der Waals surface area contributed by atoms with Gasteiger partial charge in [0.25, 0.3) is 0 Å². The second-order valence-corrected chi connectivity index (χ2v) is 3.87. The van der Waals surface area contributed by atoms with E-state index in [4.69, 9.17) is 0 Å². The first-order valence-corrected chi connectivity index (χ1v) is 4.80. The highest BCUT2D eigenvalue weighted by molar-refractivity contribution is 4.95. The molecule has 1 saturated carbocycles. The molecule has 2 rings (SSSR count). The van der Waals surface area contributed by atoms with Gasteiger partial charge in [-0.1, -0.05) is 19.3 Å². The Kier molecular flexibility index (Phi) is 2.14. The standard InChI is InChI=1S/C9H17N2/c1-2-4-9(5-3-1)8-10-6-7-11-9/h11H,1-8H2. The Bertz CT molecular complexity index is 102. The quantitative estimate of drug-likeness (QED) is 0.549. The highest BCUT2D eigenvalue weighted by Crippen LogP contribution is 2.28. The Morgan fingerprint density at radius 3 is 2.55 bits per heavy atom. The lowest BCUT2D eigenvalue weighted by molar-refractivity contribution is 0.197. The first-order valence-electron chi connectivity index (χ1n) is 4.80. The van der Waals surface area contributed by atoms with Crippen molar-refractivity contribution in [2.75, 3.05) is 19.6 Å². The van der Waals surface area contributed by atoms with Crippen LogP contribution in [-0.4, -0.2) is 25.2 Å². The predicted octanol–water partition coefficient (Wildman–Crippen LogP) is 0.897. The van der Waals surface area contributed by atoms with E-state index >= 15 is 0 Å². The van der Waals surface area contributed by atoms with E-state index in [1.54, 1.807) is 0 Å². The SMILES string of the molecule is C1CCC2(CC1)C[N]CCN2. The van der Waals surface area contributed by atoms with E-state index in [0.29, 0.717) is 5.54 Å². The smallest absolute Gasteiger partial charge is 0.0323 e. The van der Waals surface area contributed by atoms with Gasteiger partial charge >= 0.3 is 0 Å². The zero-order valence-electron chi connectivity index (χ0n) is 7.10. The summed E-state index contributed by atoms with van der Waals surface area (Å²) < 4.78 is 0. The highest BCUT2D eigenvalue weighted by Gasteiger charge is 2.32. The minimum absolute atomic E-state index is 0.441. The fourth-order valence-electron chi connectivity index (χ4n) is 2.31. The van der Waals surface area contributed by atoms with Gasteiger partial charge in [-0.15, -0.1) is 0 Å². The molecule has 0 atom stereocenters. The molecule has 1 aliphatic heterocycles. The van der Waals surface area contributed by atoms with Crippen molar-refractivity contribution < 1.29 is 0 Å². The molecule has 2 heteroatoms. The third kappa shape index (κ3) is 1.57. The van der Waals surface area contributed by atoms with Crippen LogP contribution >= 0.6 is 0 Å². The van der Waals surface area contributed by atoms with E-state index in [1.807, 2.05) is 0 Å². The molecule has 1 aliphatic carbocycles. The maximum absolute atomic E-state index is 4.49. The summed E-state index contributed by atoms with van der Waals surface area (Å²) in [4.78, 5) is 0. The van der Waals surface area contributed by atoms with Crippen LogP contribution in [-0.2, 0) is 0 Å². The number of piperazine rings is 1. The third-order valence-electron chi connectivity index (χ3n) is 3.00. The molecule has 0 aromatic carbocycles. The molecule has 1 spiro atoms. The zero-order valence-corrected chi connectivity index (χ0v) is 7.10. The van der Waals surface area contributed by atoms with Gasteiger partial charge in [0.05, 0.1) is 0 Å². The van der Waals surface area contributed by atoms with Crippen molar-refractivity contribution in [3.05, 3.63) is 0 Å². The number of hydrogen-bond donors (Lipinski definition) is 1. The number of hydrogen-bond acceptors (Lipinski definition) is 1. The Hall–Kier alpha value is -0.0800. The summed E-state index contributed by atoms with van der Waals surface area (Å²) in [6, 6.07) is 0. The van der Waals surface area contributed by atoms with Crippen LogP contribution in [0.5, 0.6) is 0 Å². The van der Waals surface area contributed by atoms with Crippen molar-refractivity contribution in [3.8, 4) is 0 Å². The molecule has 0 aromatic rings. The van der Waals surface area contributed by atoms with Gasteiger partial charge in [-0.2, -0.15) is 0 Å². The van der Waals surface area contributed by atoms with Crippen LogP contribution in [0, 0.1) is 0 Å². The summed E-state index contributed by atoms with van der Waals surface area (Å²) in [7, 11) is 0. The monoisotopic (exact) mass is 153 g/mol. The molecule has 1 saturated heterocycles. The second kappa shape index (κ2) is 3.11. The average Bonchev–Trinajstić information content (AvgIpc) is 2.07. The molecular formula is C9H17N2. The summed E-state index contributed by atoms with van der Waals surface area (Å²) in [6.45, 7) is 3.22. The Morgan fingerprint density at radius 2 is 1.91 bits per heavy atom. The van der Waals surface area contributed by atoms with E-state index in [0.717, 1.165) is 19.6 Å². The lowest BCUT2D eigenvalue weighted by atomic mass is 9.81. The summed E-state index contributed by atoms with van der Waals surface area (Å²) in [5.74, 6) is 0. The van der Waals surface area contributed by atoms with E-state index < -0.39 is 0 Å². The van der Waals surface area contributed by atoms with E-state index in [9.17, 15) is 0 Å². The molecule has 2 aliphatic rings. The van der Waals surface area contributed by atoms with Crippen LogP contribution in [0.2, 0.25) is 0 Å². The van der Waals surface area contributed by atoms with Crippen molar-refractivity contribution >= 4 is 0 Å². The minimum Gasteiger partial charge on any atom is -0.309 e. The third-order valence-corrected chi connectivity index (χ3v) is 3.00. The van der Waals surface area contributed by atoms with Gasteiger partial charge in [0.2, 0.25) is 0 Å². The van der Waals surface area contributed by atoms with Crippen LogP contribution < -0.4 is 10.6 Å². The maximum Gasteiger partial charge on any atom is 0.0323 e. The molecule has 63 valence electrons. The molecule has 0 unspecified atom stereocenters. The topological polar surface area (TPSA) is 26.1 Å². The minimum atomic E-state index is 0.441. The number of rotatable bonds is 0. The lowest BCUT2D eigenvalue weighted by Gasteiger charge is -2.41. The number of nitrogens with zero attached hydrogens (tertiary/aromatic N) is 1. The van der Waals surface area contributed by atoms with Crippen molar-refractivity contribution in [2.24, 2.45) is 0 Å². The molecule has 1 heterocycles. The molecule has 1 radical (unpaired) electrons. The van der Waals surface area contributed by atoms with Crippen molar-refractivity contribution in [1.82, 2.24) is 10.6 Å². The first kappa shape index (κ1) is 7.56. The molecule has 0 amide bonds. The van der Waals surface area contributed by atoms with Gasteiger partial charge in [0.15, 0.2) is 0 Å². The Labute approximate surface area is 68.7 Å². The van der Waals surface area contributed by atoms with Gasteiger partial charge in [-0.3, -0.25) is 0 Å². The van der Waals surface area contributed by atoms with Gasteiger partial charge in [0.1, 0.15) is 0 Å². The largest absolute Gasteiger partial charge is 0.309 e. The van der Waals surface area contributed by atoms with Crippen LogP contribution in [0.25, 0.3) is 0 Å². The summed E-state index contributed by atoms with van der Waals surface area (Å²) in [6.07, 6.45) is 6.96. The van der Waals surface area contributed by atoms with E-state index in [-0.39, 0.29) is 0 Å². The predicted molar refractivity (Wildman–Crippen MR) is 45.7 cm³/mol. The fourth-order valence-corrected chi connectivity index (χ4v) is 2.31. The molecular weight excluding hydrogens is 136 g/mol. The van der Waals surface area contributed by atoms with Crippen molar-refractivity contribution in [1.29, 1.82) is 0 Å². The summed E-state index contributed by atoms with van der Waals surface area (Å²) in [5, 5.41) is 8.13. The van der Waals surface area contributed by atoms with Crippen LogP contribution in [0.15, 0.2) is 0 Å². The van der Waals surface area contributed by atoms with Gasteiger partial charge < -0.3 is 5.32 Å². The molecule has 1 N–H and O–H groups in total. The lowest BCUT2D eigenvalue weighted by Crippen LogP contribution is -2.57. The van der Waals surface area contributed by atoms with Gasteiger partial charge in [-0.25, -0.2) is 5.32 Å². The van der Waals surface area contributed by atoms with Crippen LogP contribution in [0.4, 0.5) is 0 Å². The Balaban J connectivity index is 1.94. The molecule has 2 nitrogen and oxygen atoms in total. The zero-order chi connectivity index (χ0) is 7.57. The van der Waals surface area contributed by atoms with Crippen LogP contribution in [0.1, 0.15) is 32.1 Å². The first-order chi connectivity index (χ1) is 5.41. The second-order valence-electron chi connectivity index (χ2n) is 3.87. The molecule has 0 aromatic heterocycles. The average molecular weight is 153 g/mol. The van der Waals surface area contributed by atoms with Gasteiger partial charge in [0, 0.05) is 25.2 Å². The summed E-state index contributed by atoms with van der Waals surface area (Å²) in [5.41, 5.74) is 0.441. The van der Waals surface area contributed by atoms with Crippen LogP contribution in [0.3, 0.4) is 0 Å².